The van der Waals surface area contributed by atoms with Crippen LogP contribution in [0.2, 0.25) is 10.0 Å². The largest absolute Gasteiger partial charge is 0.491 e. The number of sulfone groups is 1. The Kier molecular flexibility index (Phi) is 6.71. The number of hydrogen-bond acceptors (Lipinski definition) is 4. The van der Waals surface area contributed by atoms with Gasteiger partial charge in [0.25, 0.3) is 5.91 Å². The third kappa shape index (κ3) is 5.02. The monoisotopic (exact) mass is 459 g/mol. The summed E-state index contributed by atoms with van der Waals surface area (Å²) in [5, 5.41) is 0.347. The van der Waals surface area contributed by atoms with E-state index in [0.717, 1.165) is 0 Å². The topological polar surface area (TPSA) is 63.7 Å². The van der Waals surface area contributed by atoms with E-state index in [0.29, 0.717) is 18.6 Å². The van der Waals surface area contributed by atoms with Crippen LogP contribution in [0.1, 0.15) is 29.3 Å². The zero-order valence-electron chi connectivity index (χ0n) is 15.7. The Hall–Kier alpha value is -1.83. The first kappa shape index (κ1) is 21.9. The van der Waals surface area contributed by atoms with E-state index >= 15 is 0 Å². The molecular formula is C20H20Cl2FNO4S. The van der Waals surface area contributed by atoms with Crippen LogP contribution in [0.3, 0.4) is 0 Å². The molecule has 29 heavy (non-hydrogen) atoms. The molecule has 2 aromatic rings. The molecule has 0 aromatic heterocycles. The molecule has 1 amide bonds. The Morgan fingerprint density at radius 1 is 1.24 bits per heavy atom. The highest BCUT2D eigenvalue weighted by atomic mass is 35.5. The molecule has 0 radical (unpaired) electrons. The minimum Gasteiger partial charge on any atom is -0.491 e. The number of amides is 1. The Balaban J connectivity index is 1.97. The van der Waals surface area contributed by atoms with Gasteiger partial charge in [-0.1, -0.05) is 41.4 Å². The van der Waals surface area contributed by atoms with E-state index in [2.05, 4.69) is 0 Å². The Morgan fingerprint density at radius 3 is 2.45 bits per heavy atom. The van der Waals surface area contributed by atoms with Gasteiger partial charge in [0.05, 0.1) is 28.2 Å². The maximum Gasteiger partial charge on any atom is 0.254 e. The Labute approximate surface area is 179 Å². The standard InChI is InChI=1S/C20H20Cl2FNO4S/c1-2-28-19-16(21)9-14(10-17(19)22)20(25)24(15-7-8-29(26,27)12-15)11-13-5-3-4-6-18(13)23/h3-6,9-10,15H,2,7-8,11-12H2,1H3/t15-/m1/s1. The molecule has 0 aliphatic carbocycles. The predicted molar refractivity (Wildman–Crippen MR) is 111 cm³/mol. The molecule has 0 unspecified atom stereocenters. The molecule has 1 atom stereocenters. The van der Waals surface area contributed by atoms with Crippen molar-refractivity contribution in [1.82, 2.24) is 4.90 Å². The number of benzene rings is 2. The van der Waals surface area contributed by atoms with Crippen LogP contribution in [0.5, 0.6) is 5.75 Å². The summed E-state index contributed by atoms with van der Waals surface area (Å²) in [6.07, 6.45) is 0.293. The molecular weight excluding hydrogens is 440 g/mol. The number of carbonyl (C=O) groups excluding carboxylic acids is 1. The second kappa shape index (κ2) is 8.90. The molecule has 1 saturated heterocycles. The summed E-state index contributed by atoms with van der Waals surface area (Å²) in [5.74, 6) is -0.831. The third-order valence-electron chi connectivity index (χ3n) is 4.74. The highest BCUT2D eigenvalue weighted by Gasteiger charge is 2.35. The lowest BCUT2D eigenvalue weighted by Crippen LogP contribution is -2.40. The van der Waals surface area contributed by atoms with Crippen molar-refractivity contribution in [3.8, 4) is 5.75 Å². The van der Waals surface area contributed by atoms with Crippen LogP contribution < -0.4 is 4.74 Å². The fourth-order valence-corrected chi connectivity index (χ4v) is 5.66. The zero-order chi connectivity index (χ0) is 21.2. The van der Waals surface area contributed by atoms with Crippen LogP contribution in [0.4, 0.5) is 4.39 Å². The van der Waals surface area contributed by atoms with Crippen molar-refractivity contribution >= 4 is 38.9 Å². The first-order valence-corrected chi connectivity index (χ1v) is 11.7. The number of halogens is 3. The Bertz CT molecular complexity index is 1010. The highest BCUT2D eigenvalue weighted by Crippen LogP contribution is 2.35. The van der Waals surface area contributed by atoms with E-state index in [1.54, 1.807) is 25.1 Å². The van der Waals surface area contributed by atoms with Gasteiger partial charge in [0.2, 0.25) is 0 Å². The lowest BCUT2D eigenvalue weighted by molar-refractivity contribution is 0.0679. The van der Waals surface area contributed by atoms with Gasteiger partial charge in [0.1, 0.15) is 5.82 Å². The predicted octanol–water partition coefficient (Wildman–Crippen LogP) is 4.36. The summed E-state index contributed by atoms with van der Waals surface area (Å²) in [7, 11) is -3.25. The number of rotatable bonds is 6. The quantitative estimate of drug-likeness (QED) is 0.643. The van der Waals surface area contributed by atoms with E-state index in [4.69, 9.17) is 27.9 Å². The number of carbonyl (C=O) groups is 1. The van der Waals surface area contributed by atoms with Gasteiger partial charge < -0.3 is 9.64 Å². The third-order valence-corrected chi connectivity index (χ3v) is 7.05. The fraction of sp³-hybridized carbons (Fsp3) is 0.350. The summed E-state index contributed by atoms with van der Waals surface area (Å²) in [5.41, 5.74) is 0.484. The molecule has 9 heteroatoms. The van der Waals surface area contributed by atoms with Gasteiger partial charge in [-0.25, -0.2) is 12.8 Å². The average molecular weight is 460 g/mol. The van der Waals surface area contributed by atoms with Crippen molar-refractivity contribution in [3.63, 3.8) is 0 Å². The average Bonchev–Trinajstić information content (AvgIpc) is 3.03. The molecule has 0 spiro atoms. The molecule has 5 nitrogen and oxygen atoms in total. The fourth-order valence-electron chi connectivity index (χ4n) is 3.33. The highest BCUT2D eigenvalue weighted by molar-refractivity contribution is 7.91. The van der Waals surface area contributed by atoms with E-state index < -0.39 is 27.6 Å². The van der Waals surface area contributed by atoms with Crippen molar-refractivity contribution in [1.29, 1.82) is 0 Å². The normalized spacial score (nSPS) is 17.9. The van der Waals surface area contributed by atoms with E-state index in [9.17, 15) is 17.6 Å². The summed E-state index contributed by atoms with van der Waals surface area (Å²) < 4.78 is 43.5. The van der Waals surface area contributed by atoms with Crippen LogP contribution in [-0.2, 0) is 16.4 Å². The molecule has 1 aliphatic rings. The lowest BCUT2D eigenvalue weighted by Gasteiger charge is -2.29. The molecule has 1 fully saturated rings. The minimum absolute atomic E-state index is 0.0104. The number of nitrogens with zero attached hydrogens (tertiary/aromatic N) is 1. The van der Waals surface area contributed by atoms with Gasteiger partial charge in [0.15, 0.2) is 15.6 Å². The smallest absolute Gasteiger partial charge is 0.254 e. The summed E-state index contributed by atoms with van der Waals surface area (Å²) in [6, 6.07) is 8.38. The van der Waals surface area contributed by atoms with Crippen molar-refractivity contribution in [2.45, 2.75) is 25.9 Å². The molecule has 1 aliphatic heterocycles. The van der Waals surface area contributed by atoms with Crippen molar-refractivity contribution in [3.05, 3.63) is 63.4 Å². The zero-order valence-corrected chi connectivity index (χ0v) is 18.0. The van der Waals surface area contributed by atoms with Crippen molar-refractivity contribution in [2.75, 3.05) is 18.1 Å². The maximum absolute atomic E-state index is 14.2. The maximum atomic E-state index is 14.2. The molecule has 0 bridgehead atoms. The summed E-state index contributed by atoms with van der Waals surface area (Å²) in [6.45, 7) is 2.07. The van der Waals surface area contributed by atoms with Crippen LogP contribution in [0, 0.1) is 5.82 Å². The van der Waals surface area contributed by atoms with Crippen LogP contribution in [0.15, 0.2) is 36.4 Å². The van der Waals surface area contributed by atoms with E-state index in [1.165, 1.54) is 23.1 Å². The molecule has 0 saturated carbocycles. The van der Waals surface area contributed by atoms with Gasteiger partial charge in [-0.2, -0.15) is 0 Å². The first-order chi connectivity index (χ1) is 13.7. The molecule has 3 rings (SSSR count). The summed E-state index contributed by atoms with van der Waals surface area (Å²) >= 11 is 12.4. The van der Waals surface area contributed by atoms with Gasteiger partial charge >= 0.3 is 0 Å². The van der Waals surface area contributed by atoms with Crippen molar-refractivity contribution in [2.24, 2.45) is 0 Å². The summed E-state index contributed by atoms with van der Waals surface area (Å²) in [4.78, 5) is 14.7. The second-order valence-corrected chi connectivity index (χ2v) is 9.83. The van der Waals surface area contributed by atoms with Gasteiger partial charge in [-0.05, 0) is 31.5 Å². The molecule has 1 heterocycles. The number of hydrogen-bond donors (Lipinski definition) is 0. The van der Waals surface area contributed by atoms with Gasteiger partial charge in [0, 0.05) is 23.7 Å². The van der Waals surface area contributed by atoms with E-state index in [-0.39, 0.29) is 39.4 Å². The van der Waals surface area contributed by atoms with E-state index in [1.807, 2.05) is 0 Å². The molecule has 2 aromatic carbocycles. The Morgan fingerprint density at radius 2 is 1.90 bits per heavy atom. The van der Waals surface area contributed by atoms with Crippen LogP contribution in [0.25, 0.3) is 0 Å². The lowest BCUT2D eigenvalue weighted by atomic mass is 10.1. The minimum atomic E-state index is -3.25. The van der Waals surface area contributed by atoms with Crippen molar-refractivity contribution < 1.29 is 22.3 Å². The molecule has 0 N–H and O–H groups in total. The first-order valence-electron chi connectivity index (χ1n) is 9.08. The van der Waals surface area contributed by atoms with Crippen LogP contribution in [-0.4, -0.2) is 43.4 Å². The van der Waals surface area contributed by atoms with Gasteiger partial charge in [-0.15, -0.1) is 0 Å². The molecule has 156 valence electrons. The van der Waals surface area contributed by atoms with Gasteiger partial charge in [-0.3, -0.25) is 4.79 Å². The second-order valence-electron chi connectivity index (χ2n) is 6.78. The van der Waals surface area contributed by atoms with Crippen LogP contribution >= 0.6 is 23.2 Å². The number of ether oxygens (including phenoxy) is 1. The SMILES string of the molecule is CCOc1c(Cl)cc(C(=O)N(Cc2ccccc2F)[C@@H]2CCS(=O)(=O)C2)cc1Cl.